The van der Waals surface area contributed by atoms with Crippen LogP contribution < -0.4 is 4.74 Å². The number of piperazine rings is 1. The number of hydrogen-bond donors (Lipinski definition) is 0. The number of hydrogen-bond acceptors (Lipinski definition) is 3. The minimum absolute atomic E-state index is 0.0248. The molecule has 0 saturated carbocycles. The topological polar surface area (TPSA) is 49.9 Å². The first-order valence-corrected chi connectivity index (χ1v) is 7.85. The molecule has 0 aromatic heterocycles. The predicted molar refractivity (Wildman–Crippen MR) is 84.7 cm³/mol. The lowest BCUT2D eigenvalue weighted by Crippen LogP contribution is -2.51. The average molecular weight is 304 g/mol. The molecule has 2 amide bonds. The lowest BCUT2D eigenvalue weighted by molar-refractivity contribution is -0.140. The van der Waals surface area contributed by atoms with Crippen molar-refractivity contribution in [2.75, 3.05) is 32.8 Å². The zero-order valence-electron chi connectivity index (χ0n) is 13.4. The molecule has 5 heteroatoms. The van der Waals surface area contributed by atoms with E-state index in [1.165, 1.54) is 0 Å². The molecule has 2 rings (SSSR count). The van der Waals surface area contributed by atoms with Gasteiger partial charge in [-0.3, -0.25) is 9.59 Å². The standard InChI is InChI=1S/C17H24N2O3/c1-3-4-16(20)18-9-11-19(12-10-18)17(21)13-22-15-7-5-14(2)6-8-15/h5-8H,3-4,9-13H2,1-2H3. The van der Waals surface area contributed by atoms with Crippen molar-refractivity contribution in [1.29, 1.82) is 0 Å². The van der Waals surface area contributed by atoms with Gasteiger partial charge in [-0.25, -0.2) is 0 Å². The van der Waals surface area contributed by atoms with Gasteiger partial charge >= 0.3 is 0 Å². The van der Waals surface area contributed by atoms with Crippen LogP contribution in [0.25, 0.3) is 0 Å². The highest BCUT2D eigenvalue weighted by atomic mass is 16.5. The van der Waals surface area contributed by atoms with Crippen LogP contribution in [0.4, 0.5) is 0 Å². The molecule has 0 N–H and O–H groups in total. The summed E-state index contributed by atoms with van der Waals surface area (Å²) in [6.45, 7) is 6.47. The van der Waals surface area contributed by atoms with Gasteiger partial charge in [0.25, 0.3) is 5.91 Å². The number of benzene rings is 1. The number of rotatable bonds is 5. The van der Waals surface area contributed by atoms with Gasteiger partial charge in [-0.05, 0) is 25.5 Å². The van der Waals surface area contributed by atoms with Gasteiger partial charge in [0, 0.05) is 32.6 Å². The summed E-state index contributed by atoms with van der Waals surface area (Å²) in [6, 6.07) is 7.64. The average Bonchev–Trinajstić information content (AvgIpc) is 2.54. The molecule has 0 aliphatic carbocycles. The van der Waals surface area contributed by atoms with Crippen LogP contribution in [-0.2, 0) is 9.59 Å². The summed E-state index contributed by atoms with van der Waals surface area (Å²) in [5.41, 5.74) is 1.16. The predicted octanol–water partition coefficient (Wildman–Crippen LogP) is 1.84. The summed E-state index contributed by atoms with van der Waals surface area (Å²) in [7, 11) is 0. The van der Waals surface area contributed by atoms with Gasteiger partial charge in [0.15, 0.2) is 6.61 Å². The van der Waals surface area contributed by atoms with Crippen LogP contribution in [0.5, 0.6) is 5.75 Å². The third-order valence-electron chi connectivity index (χ3n) is 3.83. The zero-order chi connectivity index (χ0) is 15.9. The fourth-order valence-corrected chi connectivity index (χ4v) is 2.45. The maximum absolute atomic E-state index is 12.1. The van der Waals surface area contributed by atoms with E-state index >= 15 is 0 Å². The van der Waals surface area contributed by atoms with Crippen LogP contribution in [0.2, 0.25) is 0 Å². The molecule has 1 aromatic carbocycles. The van der Waals surface area contributed by atoms with E-state index in [9.17, 15) is 9.59 Å². The monoisotopic (exact) mass is 304 g/mol. The van der Waals surface area contributed by atoms with E-state index in [1.807, 2.05) is 43.0 Å². The van der Waals surface area contributed by atoms with E-state index in [0.29, 0.717) is 38.3 Å². The second-order valence-corrected chi connectivity index (χ2v) is 5.61. The Morgan fingerprint density at radius 3 is 2.09 bits per heavy atom. The third kappa shape index (κ3) is 4.48. The quantitative estimate of drug-likeness (QED) is 0.834. The molecule has 22 heavy (non-hydrogen) atoms. The summed E-state index contributed by atoms with van der Waals surface area (Å²) in [4.78, 5) is 27.6. The van der Waals surface area contributed by atoms with Gasteiger partial charge in [0.05, 0.1) is 0 Å². The molecule has 5 nitrogen and oxygen atoms in total. The Hall–Kier alpha value is -2.04. The van der Waals surface area contributed by atoms with Crippen LogP contribution in [0, 0.1) is 6.92 Å². The Morgan fingerprint density at radius 2 is 1.55 bits per heavy atom. The molecule has 0 bridgehead atoms. The van der Waals surface area contributed by atoms with E-state index < -0.39 is 0 Å². The van der Waals surface area contributed by atoms with Gasteiger partial charge in [-0.2, -0.15) is 0 Å². The van der Waals surface area contributed by atoms with Crippen molar-refractivity contribution in [2.24, 2.45) is 0 Å². The van der Waals surface area contributed by atoms with E-state index in [1.54, 1.807) is 4.90 Å². The molecule has 120 valence electrons. The lowest BCUT2D eigenvalue weighted by Gasteiger charge is -2.34. The van der Waals surface area contributed by atoms with Crippen LogP contribution in [-0.4, -0.2) is 54.4 Å². The highest BCUT2D eigenvalue weighted by Gasteiger charge is 2.23. The molecular formula is C17H24N2O3. The Kier molecular flexibility index (Phi) is 5.81. The molecule has 0 spiro atoms. The summed E-state index contributed by atoms with van der Waals surface area (Å²) in [5, 5.41) is 0. The molecule has 0 radical (unpaired) electrons. The molecule has 0 atom stereocenters. The normalized spacial score (nSPS) is 14.8. The minimum Gasteiger partial charge on any atom is -0.484 e. The summed E-state index contributed by atoms with van der Waals surface area (Å²) >= 11 is 0. The van der Waals surface area contributed by atoms with Gasteiger partial charge in [-0.15, -0.1) is 0 Å². The van der Waals surface area contributed by atoms with Gasteiger partial charge in [0.2, 0.25) is 5.91 Å². The zero-order valence-corrected chi connectivity index (χ0v) is 13.4. The second-order valence-electron chi connectivity index (χ2n) is 5.61. The summed E-state index contributed by atoms with van der Waals surface area (Å²) in [5.74, 6) is 0.865. The number of carbonyl (C=O) groups is 2. The number of amides is 2. The fourth-order valence-electron chi connectivity index (χ4n) is 2.45. The van der Waals surface area contributed by atoms with Gasteiger partial charge in [0.1, 0.15) is 5.75 Å². The molecule has 1 aliphatic heterocycles. The molecule has 1 heterocycles. The molecule has 1 saturated heterocycles. The maximum Gasteiger partial charge on any atom is 0.260 e. The van der Waals surface area contributed by atoms with E-state index in [4.69, 9.17) is 4.74 Å². The minimum atomic E-state index is -0.0248. The van der Waals surface area contributed by atoms with E-state index in [0.717, 1.165) is 12.0 Å². The van der Waals surface area contributed by atoms with Crippen LogP contribution >= 0.6 is 0 Å². The van der Waals surface area contributed by atoms with Crippen molar-refractivity contribution < 1.29 is 14.3 Å². The van der Waals surface area contributed by atoms with Gasteiger partial charge in [-0.1, -0.05) is 24.6 Å². The number of carbonyl (C=O) groups excluding carboxylic acids is 2. The van der Waals surface area contributed by atoms with Crippen molar-refractivity contribution in [2.45, 2.75) is 26.7 Å². The fraction of sp³-hybridized carbons (Fsp3) is 0.529. The molecule has 1 aromatic rings. The SMILES string of the molecule is CCCC(=O)N1CCN(C(=O)COc2ccc(C)cc2)CC1. The number of ether oxygens (including phenoxy) is 1. The van der Waals surface area contributed by atoms with Crippen molar-refractivity contribution >= 4 is 11.8 Å². The molecule has 1 aliphatic rings. The Balaban J connectivity index is 1.75. The summed E-state index contributed by atoms with van der Waals surface area (Å²) in [6.07, 6.45) is 1.45. The smallest absolute Gasteiger partial charge is 0.260 e. The lowest BCUT2D eigenvalue weighted by atomic mass is 10.2. The molecular weight excluding hydrogens is 280 g/mol. The highest BCUT2D eigenvalue weighted by Crippen LogP contribution is 2.12. The van der Waals surface area contributed by atoms with Crippen molar-refractivity contribution in [3.05, 3.63) is 29.8 Å². The maximum atomic E-state index is 12.1. The number of aryl methyl sites for hydroxylation is 1. The van der Waals surface area contributed by atoms with Gasteiger partial charge < -0.3 is 14.5 Å². The summed E-state index contributed by atoms with van der Waals surface area (Å²) < 4.78 is 5.52. The van der Waals surface area contributed by atoms with Crippen molar-refractivity contribution in [3.63, 3.8) is 0 Å². The van der Waals surface area contributed by atoms with Crippen LogP contribution in [0.15, 0.2) is 24.3 Å². The van der Waals surface area contributed by atoms with E-state index in [-0.39, 0.29) is 18.4 Å². The Bertz CT molecular complexity index is 505. The van der Waals surface area contributed by atoms with E-state index in [2.05, 4.69) is 0 Å². The molecule has 0 unspecified atom stereocenters. The third-order valence-corrected chi connectivity index (χ3v) is 3.83. The first kappa shape index (κ1) is 16.3. The Labute approximate surface area is 131 Å². The largest absolute Gasteiger partial charge is 0.484 e. The van der Waals surface area contributed by atoms with Crippen molar-refractivity contribution in [1.82, 2.24) is 9.80 Å². The van der Waals surface area contributed by atoms with Crippen LogP contribution in [0.3, 0.4) is 0 Å². The second kappa shape index (κ2) is 7.82. The van der Waals surface area contributed by atoms with Crippen LogP contribution in [0.1, 0.15) is 25.3 Å². The highest BCUT2D eigenvalue weighted by molar-refractivity contribution is 5.79. The number of nitrogens with zero attached hydrogens (tertiary/aromatic N) is 2. The molecule has 1 fully saturated rings. The van der Waals surface area contributed by atoms with Crippen molar-refractivity contribution in [3.8, 4) is 5.75 Å². The first-order valence-electron chi connectivity index (χ1n) is 7.85. The first-order chi connectivity index (χ1) is 10.6. The Morgan fingerprint density at radius 1 is 1.00 bits per heavy atom.